The lowest BCUT2D eigenvalue weighted by Gasteiger charge is -1.88. The Kier molecular flexibility index (Phi) is 1.72. The van der Waals surface area contributed by atoms with E-state index in [1.807, 2.05) is 11.8 Å². The molecule has 0 saturated carbocycles. The Morgan fingerprint density at radius 3 is 2.67 bits per heavy atom. The first-order valence-corrected chi connectivity index (χ1v) is 3.69. The van der Waals surface area contributed by atoms with Crippen LogP contribution in [0.4, 0.5) is 0 Å². The molecule has 0 unspecified atom stereocenters. The molecule has 0 aromatic heterocycles. The second-order valence-corrected chi connectivity index (χ2v) is 3.62. The van der Waals surface area contributed by atoms with E-state index in [1.54, 1.807) is 0 Å². The molecule has 0 aromatic carbocycles. The van der Waals surface area contributed by atoms with Gasteiger partial charge in [0.25, 0.3) is 0 Å². The van der Waals surface area contributed by atoms with Gasteiger partial charge in [-0.3, -0.25) is 0 Å². The molecule has 1 aliphatic heterocycles. The molecule has 1 heterocycles. The first kappa shape index (κ1) is 4.85. The lowest BCUT2D eigenvalue weighted by atomic mass is 10.4. The zero-order valence-electron chi connectivity index (χ0n) is 3.52. The zero-order chi connectivity index (χ0) is 4.41. The van der Waals surface area contributed by atoms with Crippen LogP contribution in [0.25, 0.3) is 0 Å². The van der Waals surface area contributed by atoms with Crippen molar-refractivity contribution in [3.63, 3.8) is 0 Å². The van der Waals surface area contributed by atoms with E-state index < -0.39 is 0 Å². The molecule has 1 fully saturated rings. The lowest BCUT2D eigenvalue weighted by molar-refractivity contribution is 0.927. The SMILES string of the molecule is [S][C@H]1CCCS1. The van der Waals surface area contributed by atoms with Crippen molar-refractivity contribution in [3.8, 4) is 0 Å². The van der Waals surface area contributed by atoms with Crippen molar-refractivity contribution in [2.45, 2.75) is 17.4 Å². The van der Waals surface area contributed by atoms with Crippen molar-refractivity contribution in [2.24, 2.45) is 0 Å². The predicted octanol–water partition coefficient (Wildman–Crippen LogP) is 2.04. The molecule has 0 bridgehead atoms. The molecule has 2 heteroatoms. The summed E-state index contributed by atoms with van der Waals surface area (Å²) < 4.78 is 0.546. The molecule has 0 spiro atoms. The molecule has 1 saturated heterocycles. The van der Waals surface area contributed by atoms with Crippen LogP contribution in [0.15, 0.2) is 0 Å². The van der Waals surface area contributed by atoms with E-state index in [-0.39, 0.29) is 0 Å². The fourth-order valence-electron chi connectivity index (χ4n) is 0.548. The second kappa shape index (κ2) is 2.12. The molecule has 1 atom stereocenters. The van der Waals surface area contributed by atoms with E-state index in [9.17, 15) is 0 Å². The first-order valence-electron chi connectivity index (χ1n) is 2.17. The van der Waals surface area contributed by atoms with Crippen LogP contribution in [0, 0.1) is 0 Å². The van der Waals surface area contributed by atoms with E-state index in [0.29, 0.717) is 4.58 Å². The summed E-state index contributed by atoms with van der Waals surface area (Å²) in [6.45, 7) is 0. The van der Waals surface area contributed by atoms with Gasteiger partial charge in [-0.1, -0.05) is 12.6 Å². The Hall–Kier alpha value is 0.700. The van der Waals surface area contributed by atoms with Crippen molar-refractivity contribution >= 4 is 24.4 Å². The normalized spacial score (nSPS) is 34.5. The van der Waals surface area contributed by atoms with Crippen LogP contribution in [-0.2, 0) is 0 Å². The topological polar surface area (TPSA) is 0 Å². The maximum absolute atomic E-state index is 4.97. The van der Waals surface area contributed by atoms with Gasteiger partial charge in [-0.15, -0.1) is 11.8 Å². The van der Waals surface area contributed by atoms with E-state index in [4.69, 9.17) is 12.6 Å². The summed E-state index contributed by atoms with van der Waals surface area (Å²) in [5.74, 6) is 1.30. The summed E-state index contributed by atoms with van der Waals surface area (Å²) in [5.41, 5.74) is 0. The van der Waals surface area contributed by atoms with Crippen molar-refractivity contribution in [1.82, 2.24) is 0 Å². The van der Waals surface area contributed by atoms with Gasteiger partial charge in [0.2, 0.25) is 0 Å². The fraction of sp³-hybridized carbons (Fsp3) is 1.00. The van der Waals surface area contributed by atoms with E-state index >= 15 is 0 Å². The third-order valence-electron chi connectivity index (χ3n) is 0.888. The molecular formula is C4H7S2. The maximum atomic E-state index is 4.97. The number of hydrogen-bond donors (Lipinski definition) is 0. The first-order chi connectivity index (χ1) is 2.89. The molecule has 0 N–H and O–H groups in total. The van der Waals surface area contributed by atoms with Gasteiger partial charge in [-0.2, -0.15) is 0 Å². The van der Waals surface area contributed by atoms with Gasteiger partial charge in [0.05, 0.1) is 4.58 Å². The number of hydrogen-bond acceptors (Lipinski definition) is 1. The van der Waals surface area contributed by atoms with Gasteiger partial charge >= 0.3 is 0 Å². The highest BCUT2D eigenvalue weighted by Crippen LogP contribution is 2.28. The van der Waals surface area contributed by atoms with Crippen LogP contribution in [-0.4, -0.2) is 10.3 Å². The van der Waals surface area contributed by atoms with Crippen molar-refractivity contribution in [1.29, 1.82) is 0 Å². The summed E-state index contributed by atoms with van der Waals surface area (Å²) in [7, 11) is 0. The largest absolute Gasteiger partial charge is 0.147 e. The van der Waals surface area contributed by atoms with Gasteiger partial charge in [0.15, 0.2) is 0 Å². The van der Waals surface area contributed by atoms with Crippen molar-refractivity contribution < 1.29 is 0 Å². The Morgan fingerprint density at radius 1 is 1.67 bits per heavy atom. The van der Waals surface area contributed by atoms with Crippen LogP contribution in [0.1, 0.15) is 12.8 Å². The van der Waals surface area contributed by atoms with Gasteiger partial charge < -0.3 is 0 Å². The average molecular weight is 119 g/mol. The average Bonchev–Trinajstić information content (AvgIpc) is 1.86. The van der Waals surface area contributed by atoms with E-state index in [1.165, 1.54) is 18.6 Å². The molecule has 0 nitrogen and oxygen atoms in total. The Labute approximate surface area is 48.1 Å². The van der Waals surface area contributed by atoms with E-state index in [0.717, 1.165) is 0 Å². The lowest BCUT2D eigenvalue weighted by Crippen LogP contribution is -1.76. The van der Waals surface area contributed by atoms with Gasteiger partial charge in [-0.25, -0.2) is 0 Å². The molecule has 35 valence electrons. The third-order valence-corrected chi connectivity index (χ3v) is 2.66. The number of thioether (sulfide) groups is 1. The predicted molar refractivity (Wildman–Crippen MR) is 33.1 cm³/mol. The van der Waals surface area contributed by atoms with Crippen LogP contribution in [0.2, 0.25) is 0 Å². The van der Waals surface area contributed by atoms with Crippen molar-refractivity contribution in [2.75, 3.05) is 5.75 Å². The Bertz CT molecular complexity index is 38.8. The Balaban J connectivity index is 2.18. The summed E-state index contributed by atoms with van der Waals surface area (Å²) in [5, 5.41) is 0. The standard InChI is InChI=1S/C4H7S2/c5-4-2-1-3-6-4/h4H,1-3H2/t4-/m1/s1. The fourth-order valence-corrected chi connectivity index (χ4v) is 1.93. The van der Waals surface area contributed by atoms with Gasteiger partial charge in [0, 0.05) is 0 Å². The summed E-state index contributed by atoms with van der Waals surface area (Å²) in [6, 6.07) is 0. The minimum absolute atomic E-state index is 0.546. The highest BCUT2D eigenvalue weighted by Gasteiger charge is 2.09. The second-order valence-electron chi connectivity index (χ2n) is 1.44. The summed E-state index contributed by atoms with van der Waals surface area (Å²) in [6.07, 6.45) is 2.61. The molecule has 0 aliphatic carbocycles. The molecule has 1 rings (SSSR count). The minimum Gasteiger partial charge on any atom is -0.147 e. The molecule has 0 aromatic rings. The third kappa shape index (κ3) is 1.09. The maximum Gasteiger partial charge on any atom is 0.0606 e. The van der Waals surface area contributed by atoms with Crippen LogP contribution in [0.5, 0.6) is 0 Å². The highest BCUT2D eigenvalue weighted by atomic mass is 32.2. The van der Waals surface area contributed by atoms with Gasteiger partial charge in [0.1, 0.15) is 0 Å². The monoisotopic (exact) mass is 119 g/mol. The van der Waals surface area contributed by atoms with Crippen LogP contribution < -0.4 is 0 Å². The Morgan fingerprint density at radius 2 is 2.50 bits per heavy atom. The molecular weight excluding hydrogens is 112 g/mol. The van der Waals surface area contributed by atoms with E-state index in [2.05, 4.69) is 0 Å². The van der Waals surface area contributed by atoms with Crippen LogP contribution >= 0.6 is 24.4 Å². The smallest absolute Gasteiger partial charge is 0.0606 e. The number of rotatable bonds is 0. The summed E-state index contributed by atoms with van der Waals surface area (Å²) in [4.78, 5) is 0. The highest BCUT2D eigenvalue weighted by molar-refractivity contribution is 8.10. The zero-order valence-corrected chi connectivity index (χ0v) is 5.15. The molecule has 0 amide bonds. The van der Waals surface area contributed by atoms with Crippen molar-refractivity contribution in [3.05, 3.63) is 0 Å². The summed E-state index contributed by atoms with van der Waals surface area (Å²) >= 11 is 6.88. The minimum atomic E-state index is 0.546. The molecule has 1 aliphatic rings. The molecule has 1 radical (unpaired) electrons. The van der Waals surface area contributed by atoms with Crippen LogP contribution in [0.3, 0.4) is 0 Å². The quantitative estimate of drug-likeness (QED) is 0.470. The molecule has 6 heavy (non-hydrogen) atoms. The van der Waals surface area contributed by atoms with Gasteiger partial charge in [-0.05, 0) is 18.6 Å².